The molecule has 0 spiro atoms. The largest absolute Gasteiger partial charge is 0.354 e. The van der Waals surface area contributed by atoms with Gasteiger partial charge in [0.15, 0.2) is 0 Å². The molecule has 1 aliphatic rings. The molecule has 1 aromatic heterocycles. The molecule has 1 saturated carbocycles. The van der Waals surface area contributed by atoms with Crippen LogP contribution in [0, 0.1) is 0 Å². The van der Waals surface area contributed by atoms with Gasteiger partial charge in [-0.2, -0.15) is 0 Å². The first-order valence-electron chi connectivity index (χ1n) is 5.71. The Morgan fingerprint density at radius 2 is 2.33 bits per heavy atom. The zero-order valence-electron chi connectivity index (χ0n) is 9.53. The number of hydrogen-bond acceptors (Lipinski definition) is 3. The lowest BCUT2D eigenvalue weighted by molar-refractivity contribution is 0.791. The number of nitrogens with zero attached hydrogens (tertiary/aromatic N) is 2. The molecule has 0 amide bonds. The molecule has 1 aromatic rings. The zero-order chi connectivity index (χ0) is 10.7. The summed E-state index contributed by atoms with van der Waals surface area (Å²) in [6, 6.07) is 5.01. The molecule has 0 aliphatic heterocycles. The molecule has 1 aliphatic carbocycles. The number of rotatable bonds is 5. The van der Waals surface area contributed by atoms with Gasteiger partial charge in [-0.15, -0.1) is 0 Å². The van der Waals surface area contributed by atoms with Crippen LogP contribution in [0.4, 0.5) is 5.82 Å². The van der Waals surface area contributed by atoms with Gasteiger partial charge in [0.2, 0.25) is 0 Å². The van der Waals surface area contributed by atoms with Crippen LogP contribution in [0.5, 0.6) is 0 Å². The van der Waals surface area contributed by atoms with Gasteiger partial charge >= 0.3 is 0 Å². The molecule has 15 heavy (non-hydrogen) atoms. The Hall–Kier alpha value is -1.09. The van der Waals surface area contributed by atoms with Gasteiger partial charge in [0.1, 0.15) is 5.82 Å². The van der Waals surface area contributed by atoms with Crippen LogP contribution in [0.15, 0.2) is 18.3 Å². The summed E-state index contributed by atoms with van der Waals surface area (Å²) in [6.07, 6.45) is 4.56. The molecule has 2 rings (SSSR count). The van der Waals surface area contributed by atoms with Crippen LogP contribution in [-0.2, 0) is 6.54 Å². The van der Waals surface area contributed by atoms with Crippen LogP contribution >= 0.6 is 0 Å². The van der Waals surface area contributed by atoms with Crippen molar-refractivity contribution in [1.82, 2.24) is 10.3 Å². The maximum Gasteiger partial charge on any atom is 0.129 e. The summed E-state index contributed by atoms with van der Waals surface area (Å²) >= 11 is 0. The summed E-state index contributed by atoms with van der Waals surface area (Å²) < 4.78 is 0. The molecule has 3 nitrogen and oxygen atoms in total. The third-order valence-electron chi connectivity index (χ3n) is 2.81. The molecule has 0 saturated heterocycles. The van der Waals surface area contributed by atoms with E-state index < -0.39 is 0 Å². The predicted molar refractivity (Wildman–Crippen MR) is 63.0 cm³/mol. The van der Waals surface area contributed by atoms with E-state index in [1.54, 1.807) is 0 Å². The minimum atomic E-state index is 0.743. The molecule has 82 valence electrons. The highest BCUT2D eigenvalue weighted by Crippen LogP contribution is 2.30. The fourth-order valence-corrected chi connectivity index (χ4v) is 1.93. The molecule has 0 aromatic carbocycles. The van der Waals surface area contributed by atoms with Gasteiger partial charge in [0, 0.05) is 25.3 Å². The summed E-state index contributed by atoms with van der Waals surface area (Å²) in [5.74, 6) is 1.13. The summed E-state index contributed by atoms with van der Waals surface area (Å²) in [4.78, 5) is 6.85. The van der Waals surface area contributed by atoms with Crippen molar-refractivity contribution < 1.29 is 0 Å². The highest BCUT2D eigenvalue weighted by Gasteiger charge is 2.28. The monoisotopic (exact) mass is 205 g/mol. The van der Waals surface area contributed by atoms with Crippen LogP contribution in [-0.4, -0.2) is 24.6 Å². The number of aromatic nitrogens is 1. The summed E-state index contributed by atoms with van der Waals surface area (Å²) in [7, 11) is 1.97. The van der Waals surface area contributed by atoms with Gasteiger partial charge in [0.05, 0.1) is 0 Å². The van der Waals surface area contributed by atoms with Crippen molar-refractivity contribution >= 4 is 5.82 Å². The SMILES string of the molecule is CCN(c1cc(CNC)ccn1)C1CC1. The van der Waals surface area contributed by atoms with Crippen molar-refractivity contribution in [2.45, 2.75) is 32.4 Å². The van der Waals surface area contributed by atoms with Crippen molar-refractivity contribution in [3.63, 3.8) is 0 Å². The second-order valence-corrected chi connectivity index (χ2v) is 4.07. The molecule has 3 heteroatoms. The number of anilines is 1. The van der Waals surface area contributed by atoms with E-state index >= 15 is 0 Å². The van der Waals surface area contributed by atoms with Crippen molar-refractivity contribution in [2.24, 2.45) is 0 Å². The van der Waals surface area contributed by atoms with E-state index in [2.05, 4.69) is 34.3 Å². The Balaban J connectivity index is 2.14. The second kappa shape index (κ2) is 4.62. The molecular formula is C12H19N3. The average molecular weight is 205 g/mol. The van der Waals surface area contributed by atoms with E-state index in [1.165, 1.54) is 18.4 Å². The Morgan fingerprint density at radius 1 is 1.53 bits per heavy atom. The Kier molecular flexibility index (Phi) is 3.21. The fourth-order valence-electron chi connectivity index (χ4n) is 1.93. The highest BCUT2D eigenvalue weighted by atomic mass is 15.2. The van der Waals surface area contributed by atoms with Crippen LogP contribution in [0.3, 0.4) is 0 Å². The van der Waals surface area contributed by atoms with Gasteiger partial charge in [0.25, 0.3) is 0 Å². The predicted octanol–water partition coefficient (Wildman–Crippen LogP) is 1.79. The second-order valence-electron chi connectivity index (χ2n) is 4.07. The van der Waals surface area contributed by atoms with Crippen molar-refractivity contribution in [2.75, 3.05) is 18.5 Å². The standard InChI is InChI=1S/C12H19N3/c1-3-15(11-4-5-11)12-8-10(9-13-2)6-7-14-12/h6-8,11,13H,3-5,9H2,1-2H3. The number of nitrogens with one attached hydrogen (secondary N) is 1. The first-order chi connectivity index (χ1) is 7.35. The van der Waals surface area contributed by atoms with Crippen molar-refractivity contribution in [1.29, 1.82) is 0 Å². The lowest BCUT2D eigenvalue weighted by Crippen LogP contribution is -2.26. The summed E-state index contributed by atoms with van der Waals surface area (Å²) in [6.45, 7) is 4.17. The van der Waals surface area contributed by atoms with Crippen molar-refractivity contribution in [3.05, 3.63) is 23.9 Å². The van der Waals surface area contributed by atoms with Gasteiger partial charge in [-0.1, -0.05) is 0 Å². The molecule has 0 bridgehead atoms. The maximum atomic E-state index is 4.45. The van der Waals surface area contributed by atoms with Gasteiger partial charge < -0.3 is 10.2 Å². The van der Waals surface area contributed by atoms with E-state index in [9.17, 15) is 0 Å². The zero-order valence-corrected chi connectivity index (χ0v) is 9.53. The lowest BCUT2D eigenvalue weighted by atomic mass is 10.2. The quantitative estimate of drug-likeness (QED) is 0.794. The third kappa shape index (κ3) is 2.48. The normalized spacial score (nSPS) is 15.3. The van der Waals surface area contributed by atoms with Gasteiger partial charge in [-0.05, 0) is 44.5 Å². The molecule has 1 heterocycles. The van der Waals surface area contributed by atoms with E-state index in [0.717, 1.165) is 24.9 Å². The Labute approximate surface area is 91.5 Å². The molecule has 0 radical (unpaired) electrons. The summed E-state index contributed by atoms with van der Waals surface area (Å²) in [5, 5.41) is 3.17. The molecule has 0 unspecified atom stereocenters. The minimum Gasteiger partial charge on any atom is -0.354 e. The molecular weight excluding hydrogens is 186 g/mol. The summed E-state index contributed by atoms with van der Waals surface area (Å²) in [5.41, 5.74) is 1.31. The van der Waals surface area contributed by atoms with Gasteiger partial charge in [-0.25, -0.2) is 4.98 Å². The first-order valence-corrected chi connectivity index (χ1v) is 5.71. The smallest absolute Gasteiger partial charge is 0.129 e. The fraction of sp³-hybridized carbons (Fsp3) is 0.583. The molecule has 1 N–H and O–H groups in total. The minimum absolute atomic E-state index is 0.743. The van der Waals surface area contributed by atoms with E-state index in [1.807, 2.05) is 13.2 Å². The topological polar surface area (TPSA) is 28.2 Å². The highest BCUT2D eigenvalue weighted by molar-refractivity contribution is 5.43. The number of pyridine rings is 1. The Bertz CT molecular complexity index is 320. The molecule has 1 fully saturated rings. The van der Waals surface area contributed by atoms with Gasteiger partial charge in [-0.3, -0.25) is 0 Å². The third-order valence-corrected chi connectivity index (χ3v) is 2.81. The average Bonchev–Trinajstić information content (AvgIpc) is 3.04. The van der Waals surface area contributed by atoms with Crippen LogP contribution < -0.4 is 10.2 Å². The lowest BCUT2D eigenvalue weighted by Gasteiger charge is -2.21. The van der Waals surface area contributed by atoms with Crippen LogP contribution in [0.2, 0.25) is 0 Å². The maximum absolute atomic E-state index is 4.45. The van der Waals surface area contributed by atoms with E-state index in [-0.39, 0.29) is 0 Å². The first kappa shape index (κ1) is 10.4. The molecule has 0 atom stereocenters. The van der Waals surface area contributed by atoms with Crippen LogP contribution in [0.1, 0.15) is 25.3 Å². The van der Waals surface area contributed by atoms with Crippen molar-refractivity contribution in [3.8, 4) is 0 Å². The van der Waals surface area contributed by atoms with E-state index in [0.29, 0.717) is 0 Å². The Morgan fingerprint density at radius 3 is 2.93 bits per heavy atom. The number of hydrogen-bond donors (Lipinski definition) is 1. The van der Waals surface area contributed by atoms with E-state index in [4.69, 9.17) is 0 Å². The van der Waals surface area contributed by atoms with Crippen LogP contribution in [0.25, 0.3) is 0 Å².